The van der Waals surface area contributed by atoms with Gasteiger partial charge in [-0.2, -0.15) is 0 Å². The van der Waals surface area contributed by atoms with E-state index in [1.54, 1.807) is 0 Å². The van der Waals surface area contributed by atoms with Crippen molar-refractivity contribution in [2.45, 2.75) is 0 Å². The Balaban J connectivity index is 0. The fourth-order valence-corrected chi connectivity index (χ4v) is 0.127. The van der Waals surface area contributed by atoms with Gasteiger partial charge in [-0.3, -0.25) is 5.43 Å². The smallest absolute Gasteiger partial charge is 0.326 e. The molecule has 0 aromatic rings. The van der Waals surface area contributed by atoms with Crippen LogP contribution in [0.15, 0.2) is 0 Å². The molecule has 0 saturated carbocycles. The van der Waals surface area contributed by atoms with Crippen LogP contribution in [0.3, 0.4) is 0 Å². The molecule has 0 aliphatic carbocycles. The summed E-state index contributed by atoms with van der Waals surface area (Å²) in [5, 5.41) is 7.93. The zero-order valence-corrected chi connectivity index (χ0v) is 4.86. The summed E-state index contributed by atoms with van der Waals surface area (Å²) >= 11 is 0. The van der Waals surface area contributed by atoms with Crippen molar-refractivity contribution in [2.24, 2.45) is 5.73 Å². The molecule has 0 bridgehead atoms. The molecular weight excluding hydrogens is 133 g/mol. The van der Waals surface area contributed by atoms with Crippen LogP contribution < -0.4 is 16.6 Å². The number of nitrogens with two attached hydrogens (primary N) is 1. The maximum atomic E-state index is 9.70. The Morgan fingerprint density at radius 1 is 1.75 bits per heavy atom. The van der Waals surface area contributed by atoms with Crippen molar-refractivity contribution in [3.8, 4) is 0 Å². The number of aliphatic hydroxyl groups excluding tert-OH is 1. The van der Waals surface area contributed by atoms with Gasteiger partial charge >= 0.3 is 6.03 Å². The highest BCUT2D eigenvalue weighted by Crippen LogP contribution is 1.43. The average molecular weight is 142 g/mol. The summed E-state index contributed by atoms with van der Waals surface area (Å²) in [5.74, 6) is 0. The summed E-state index contributed by atoms with van der Waals surface area (Å²) in [7, 11) is 0. The third kappa shape index (κ3) is 9.08. The first kappa shape index (κ1) is 10.5. The van der Waals surface area contributed by atoms with Crippen molar-refractivity contribution >= 4 is 18.4 Å². The minimum atomic E-state index is -0.714. The molecule has 8 heavy (non-hydrogen) atoms. The van der Waals surface area contributed by atoms with Crippen LogP contribution >= 0.6 is 12.4 Å². The Morgan fingerprint density at radius 2 is 2.25 bits per heavy atom. The number of aliphatic hydroxyl groups is 1. The number of halogens is 1. The van der Waals surface area contributed by atoms with Gasteiger partial charge in [-0.25, -0.2) is 10.2 Å². The largest absolute Gasteiger partial charge is 0.380 e. The molecule has 0 aromatic carbocycles. The van der Waals surface area contributed by atoms with Gasteiger partial charge in [-0.15, -0.1) is 12.4 Å². The highest BCUT2D eigenvalue weighted by Gasteiger charge is 1.82. The Bertz CT molecular complexity index is 68.3. The SMILES string of the molecule is Cl.NC(=O)NNCO. The topological polar surface area (TPSA) is 87.4 Å². The van der Waals surface area contributed by atoms with Gasteiger partial charge in [0.25, 0.3) is 0 Å². The van der Waals surface area contributed by atoms with E-state index in [0.717, 1.165) is 0 Å². The van der Waals surface area contributed by atoms with Crippen LogP contribution in [0, 0.1) is 0 Å². The second-order valence-corrected chi connectivity index (χ2v) is 0.824. The molecule has 0 heterocycles. The quantitative estimate of drug-likeness (QED) is 0.280. The third-order valence-electron chi connectivity index (χ3n) is 0.291. The molecule has 5 nitrogen and oxygen atoms in total. The normalized spacial score (nSPS) is 7.12. The number of nitrogens with one attached hydrogen (secondary N) is 2. The van der Waals surface area contributed by atoms with E-state index in [0.29, 0.717) is 0 Å². The molecule has 0 radical (unpaired) electrons. The van der Waals surface area contributed by atoms with Gasteiger partial charge in [0, 0.05) is 0 Å². The van der Waals surface area contributed by atoms with Crippen LogP contribution in [-0.4, -0.2) is 17.9 Å². The lowest BCUT2D eigenvalue weighted by Gasteiger charge is -1.96. The Morgan fingerprint density at radius 3 is 2.38 bits per heavy atom. The van der Waals surface area contributed by atoms with Gasteiger partial charge in [0.1, 0.15) is 6.73 Å². The first-order chi connectivity index (χ1) is 3.27. The van der Waals surface area contributed by atoms with Gasteiger partial charge in [-0.05, 0) is 0 Å². The predicted molar refractivity (Wildman–Crippen MR) is 30.2 cm³/mol. The van der Waals surface area contributed by atoms with E-state index in [1.807, 2.05) is 5.43 Å². The lowest BCUT2D eigenvalue weighted by atomic mass is 11.1. The molecule has 2 amide bonds. The number of rotatable bonds is 2. The van der Waals surface area contributed by atoms with Gasteiger partial charge in [0.05, 0.1) is 0 Å². The summed E-state index contributed by atoms with van der Waals surface area (Å²) in [6.45, 7) is -0.317. The van der Waals surface area contributed by atoms with E-state index >= 15 is 0 Å². The second kappa shape index (κ2) is 6.48. The van der Waals surface area contributed by atoms with Crippen molar-refractivity contribution < 1.29 is 9.90 Å². The molecule has 0 saturated heterocycles. The van der Waals surface area contributed by atoms with E-state index in [1.165, 1.54) is 0 Å². The summed E-state index contributed by atoms with van der Waals surface area (Å²) in [6.07, 6.45) is 0. The van der Waals surface area contributed by atoms with Gasteiger partial charge < -0.3 is 10.8 Å². The molecule has 50 valence electrons. The van der Waals surface area contributed by atoms with Gasteiger partial charge in [0.2, 0.25) is 0 Å². The number of primary amides is 1. The zero-order chi connectivity index (χ0) is 5.70. The predicted octanol–water partition coefficient (Wildman–Crippen LogP) is -1.47. The minimum absolute atomic E-state index is 0. The van der Waals surface area contributed by atoms with Crippen LogP contribution in [0.4, 0.5) is 4.79 Å². The number of urea groups is 1. The monoisotopic (exact) mass is 141 g/mol. The maximum Gasteiger partial charge on any atom is 0.326 e. The summed E-state index contributed by atoms with van der Waals surface area (Å²) in [4.78, 5) is 9.70. The second-order valence-electron chi connectivity index (χ2n) is 0.824. The number of hydrogen-bond acceptors (Lipinski definition) is 3. The van der Waals surface area contributed by atoms with Crippen molar-refractivity contribution in [3.05, 3.63) is 0 Å². The first-order valence-electron chi connectivity index (χ1n) is 1.66. The van der Waals surface area contributed by atoms with E-state index in [-0.39, 0.29) is 19.1 Å². The lowest BCUT2D eigenvalue weighted by Crippen LogP contribution is -2.41. The van der Waals surface area contributed by atoms with Crippen LogP contribution in [0.1, 0.15) is 0 Å². The minimum Gasteiger partial charge on any atom is -0.380 e. The lowest BCUT2D eigenvalue weighted by molar-refractivity contribution is 0.219. The van der Waals surface area contributed by atoms with Crippen LogP contribution in [0.25, 0.3) is 0 Å². The molecule has 5 N–H and O–H groups in total. The standard InChI is InChI=1S/C2H7N3O2.ClH/c3-2(7)5-4-1-6;/h4,6H,1H2,(H3,3,5,7);1H. The summed E-state index contributed by atoms with van der Waals surface area (Å²) in [6, 6.07) is -0.714. The number of carbonyl (C=O) groups is 1. The fraction of sp³-hybridized carbons (Fsp3) is 0.500. The third-order valence-corrected chi connectivity index (χ3v) is 0.291. The van der Waals surface area contributed by atoms with E-state index in [2.05, 4.69) is 11.2 Å². The van der Waals surface area contributed by atoms with Gasteiger partial charge in [-0.1, -0.05) is 0 Å². The number of hydrazine groups is 1. The summed E-state index contributed by atoms with van der Waals surface area (Å²) in [5.41, 5.74) is 8.57. The van der Waals surface area contributed by atoms with Crippen LogP contribution in [-0.2, 0) is 0 Å². The van der Waals surface area contributed by atoms with E-state index in [9.17, 15) is 4.79 Å². The summed E-state index contributed by atoms with van der Waals surface area (Å²) < 4.78 is 0. The maximum absolute atomic E-state index is 9.70. The molecular formula is C2H8ClN3O2. The molecule has 0 rings (SSSR count). The van der Waals surface area contributed by atoms with Crippen molar-refractivity contribution in [1.82, 2.24) is 10.9 Å². The molecule has 0 aromatic heterocycles. The van der Waals surface area contributed by atoms with Crippen LogP contribution in [0.2, 0.25) is 0 Å². The molecule has 0 spiro atoms. The number of carbonyl (C=O) groups excluding carboxylic acids is 1. The van der Waals surface area contributed by atoms with Crippen molar-refractivity contribution in [1.29, 1.82) is 0 Å². The zero-order valence-electron chi connectivity index (χ0n) is 4.05. The average Bonchev–Trinajstić information content (AvgIpc) is 1.61. The van der Waals surface area contributed by atoms with Crippen LogP contribution in [0.5, 0.6) is 0 Å². The van der Waals surface area contributed by atoms with Crippen molar-refractivity contribution in [2.75, 3.05) is 6.73 Å². The fourth-order valence-electron chi connectivity index (χ4n) is 0.127. The number of amides is 2. The molecule has 0 atom stereocenters. The Hall–Kier alpha value is -0.520. The van der Waals surface area contributed by atoms with E-state index < -0.39 is 6.03 Å². The molecule has 0 aliphatic rings. The molecule has 6 heteroatoms. The first-order valence-corrected chi connectivity index (χ1v) is 1.66. The highest BCUT2D eigenvalue weighted by molar-refractivity contribution is 5.85. The molecule has 0 aliphatic heterocycles. The highest BCUT2D eigenvalue weighted by atomic mass is 35.5. The Kier molecular flexibility index (Phi) is 8.47. The van der Waals surface area contributed by atoms with Crippen molar-refractivity contribution in [3.63, 3.8) is 0 Å². The van der Waals surface area contributed by atoms with E-state index in [4.69, 9.17) is 5.11 Å². The van der Waals surface area contributed by atoms with Gasteiger partial charge in [0.15, 0.2) is 0 Å². The Labute approximate surface area is 52.6 Å². The number of hydrogen-bond donors (Lipinski definition) is 4. The molecule has 0 fully saturated rings. The molecule has 0 unspecified atom stereocenters.